The maximum Gasteiger partial charge on any atom is 0.248 e. The second kappa shape index (κ2) is 9.00. The Hall–Kier alpha value is -3.12. The second-order valence-electron chi connectivity index (χ2n) is 5.62. The molecule has 0 spiro atoms. The third-order valence-corrected chi connectivity index (χ3v) is 4.34. The number of benzene rings is 2. The molecule has 1 amide bonds. The normalized spacial score (nSPS) is 10.7. The number of carbonyl (C=O) groups is 1. The average molecular weight is 380 g/mol. The number of hydrogen-bond donors (Lipinski definition) is 1. The van der Waals surface area contributed by atoms with E-state index in [0.29, 0.717) is 23.8 Å². The molecule has 0 saturated carbocycles. The van der Waals surface area contributed by atoms with Crippen LogP contribution in [0, 0.1) is 6.92 Å². The molecular weight excluding hydrogens is 360 g/mol. The van der Waals surface area contributed by atoms with Gasteiger partial charge in [-0.25, -0.2) is 4.98 Å². The van der Waals surface area contributed by atoms with Gasteiger partial charge in [-0.2, -0.15) is 0 Å². The van der Waals surface area contributed by atoms with Crippen molar-refractivity contribution in [3.05, 3.63) is 70.7 Å². The predicted octanol–water partition coefficient (Wildman–Crippen LogP) is 5.29. The molecule has 0 saturated heterocycles. The van der Waals surface area contributed by atoms with Crippen LogP contribution < -0.4 is 14.8 Å². The van der Waals surface area contributed by atoms with Gasteiger partial charge in [-0.1, -0.05) is 12.1 Å². The Labute approximate surface area is 162 Å². The van der Waals surface area contributed by atoms with Crippen molar-refractivity contribution in [1.82, 2.24) is 4.98 Å². The second-order valence-corrected chi connectivity index (χ2v) is 6.68. The standard InChI is InChI=1S/C21H20N2O3S/c1-3-25-17-9-11-18(12-10-17)26-20-7-5-4-6-19(20)23-21(24)13-8-16-14-27-15(2)22-16/h4-14H,3H2,1-2H3,(H,23,24)/b13-8+. The molecule has 5 nitrogen and oxygen atoms in total. The van der Waals surface area contributed by atoms with E-state index in [4.69, 9.17) is 9.47 Å². The number of anilines is 1. The van der Waals surface area contributed by atoms with E-state index in [2.05, 4.69) is 10.3 Å². The minimum Gasteiger partial charge on any atom is -0.494 e. The van der Waals surface area contributed by atoms with E-state index in [1.807, 2.05) is 55.6 Å². The molecule has 3 aromatic rings. The van der Waals surface area contributed by atoms with Crippen molar-refractivity contribution in [2.24, 2.45) is 0 Å². The van der Waals surface area contributed by atoms with E-state index >= 15 is 0 Å². The molecule has 0 fully saturated rings. The molecule has 0 aliphatic heterocycles. The fraction of sp³-hybridized carbons (Fsp3) is 0.143. The van der Waals surface area contributed by atoms with Gasteiger partial charge in [0.05, 0.1) is 23.0 Å². The lowest BCUT2D eigenvalue weighted by molar-refractivity contribution is -0.111. The molecule has 1 heterocycles. The number of nitrogens with one attached hydrogen (secondary N) is 1. The number of ether oxygens (including phenoxy) is 2. The number of carbonyl (C=O) groups excluding carboxylic acids is 1. The van der Waals surface area contributed by atoms with Crippen molar-refractivity contribution < 1.29 is 14.3 Å². The molecule has 0 aliphatic carbocycles. The van der Waals surface area contributed by atoms with Gasteiger partial charge in [0.25, 0.3) is 0 Å². The highest BCUT2D eigenvalue weighted by molar-refractivity contribution is 7.09. The van der Waals surface area contributed by atoms with E-state index in [9.17, 15) is 4.79 Å². The highest BCUT2D eigenvalue weighted by atomic mass is 32.1. The van der Waals surface area contributed by atoms with Gasteiger partial charge in [0.15, 0.2) is 5.75 Å². The van der Waals surface area contributed by atoms with E-state index in [0.717, 1.165) is 16.5 Å². The van der Waals surface area contributed by atoms with Gasteiger partial charge >= 0.3 is 0 Å². The first-order valence-corrected chi connectivity index (χ1v) is 9.43. The number of hydrogen-bond acceptors (Lipinski definition) is 5. The summed E-state index contributed by atoms with van der Waals surface area (Å²) in [6.45, 7) is 4.48. The van der Waals surface area contributed by atoms with E-state index in [-0.39, 0.29) is 5.91 Å². The van der Waals surface area contributed by atoms with Crippen LogP contribution in [0.3, 0.4) is 0 Å². The lowest BCUT2D eigenvalue weighted by atomic mass is 10.2. The van der Waals surface area contributed by atoms with Crippen molar-refractivity contribution in [3.8, 4) is 17.2 Å². The molecule has 138 valence electrons. The topological polar surface area (TPSA) is 60.5 Å². The molecule has 1 N–H and O–H groups in total. The van der Waals surface area contributed by atoms with Gasteiger partial charge in [0.1, 0.15) is 11.5 Å². The Kier molecular flexibility index (Phi) is 6.22. The number of para-hydroxylation sites is 2. The largest absolute Gasteiger partial charge is 0.494 e. The Bertz CT molecular complexity index is 933. The van der Waals surface area contributed by atoms with Gasteiger partial charge in [-0.15, -0.1) is 11.3 Å². The van der Waals surface area contributed by atoms with Crippen LogP contribution in [0.15, 0.2) is 60.0 Å². The van der Waals surface area contributed by atoms with Crippen molar-refractivity contribution >= 4 is 29.0 Å². The third kappa shape index (κ3) is 5.43. The van der Waals surface area contributed by atoms with E-state index in [1.54, 1.807) is 29.5 Å². The van der Waals surface area contributed by atoms with Crippen molar-refractivity contribution in [3.63, 3.8) is 0 Å². The molecule has 6 heteroatoms. The Morgan fingerprint density at radius 1 is 1.15 bits per heavy atom. The van der Waals surface area contributed by atoms with E-state index < -0.39 is 0 Å². The smallest absolute Gasteiger partial charge is 0.248 e. The van der Waals surface area contributed by atoms with Crippen LogP contribution in [0.2, 0.25) is 0 Å². The van der Waals surface area contributed by atoms with Crippen molar-refractivity contribution in [2.75, 3.05) is 11.9 Å². The Balaban J connectivity index is 1.68. The minimum atomic E-state index is -0.247. The number of amides is 1. The highest BCUT2D eigenvalue weighted by Gasteiger charge is 2.07. The minimum absolute atomic E-state index is 0.247. The molecule has 0 bridgehead atoms. The van der Waals surface area contributed by atoms with Crippen LogP contribution in [0.4, 0.5) is 5.69 Å². The predicted molar refractivity (Wildman–Crippen MR) is 109 cm³/mol. The van der Waals surface area contributed by atoms with Crippen molar-refractivity contribution in [2.45, 2.75) is 13.8 Å². The zero-order valence-corrected chi connectivity index (χ0v) is 16.0. The molecular formula is C21H20N2O3S. The molecule has 0 unspecified atom stereocenters. The fourth-order valence-corrected chi connectivity index (χ4v) is 2.93. The Morgan fingerprint density at radius 3 is 2.59 bits per heavy atom. The molecule has 1 aromatic heterocycles. The van der Waals surface area contributed by atoms with Gasteiger partial charge in [0.2, 0.25) is 5.91 Å². The zero-order valence-electron chi connectivity index (χ0n) is 15.1. The fourth-order valence-electron chi connectivity index (χ4n) is 2.35. The summed E-state index contributed by atoms with van der Waals surface area (Å²) >= 11 is 1.54. The van der Waals surface area contributed by atoms with Gasteiger partial charge < -0.3 is 14.8 Å². The van der Waals surface area contributed by atoms with Crippen LogP contribution in [-0.4, -0.2) is 17.5 Å². The molecule has 2 aromatic carbocycles. The van der Waals surface area contributed by atoms with Crippen LogP contribution in [-0.2, 0) is 4.79 Å². The van der Waals surface area contributed by atoms with Crippen LogP contribution in [0.5, 0.6) is 17.2 Å². The first kappa shape index (κ1) is 18.7. The number of nitrogens with zero attached hydrogens (tertiary/aromatic N) is 1. The molecule has 3 rings (SSSR count). The maximum absolute atomic E-state index is 12.2. The Morgan fingerprint density at radius 2 is 1.89 bits per heavy atom. The molecule has 0 radical (unpaired) electrons. The number of rotatable bonds is 7. The number of aromatic nitrogens is 1. The summed E-state index contributed by atoms with van der Waals surface area (Å²) in [7, 11) is 0. The molecule has 0 atom stereocenters. The summed E-state index contributed by atoms with van der Waals surface area (Å²) in [5.41, 5.74) is 1.36. The first-order valence-electron chi connectivity index (χ1n) is 8.55. The first-order chi connectivity index (χ1) is 13.1. The summed E-state index contributed by atoms with van der Waals surface area (Å²) in [6.07, 6.45) is 3.15. The van der Waals surface area contributed by atoms with Crippen molar-refractivity contribution in [1.29, 1.82) is 0 Å². The summed E-state index contributed by atoms with van der Waals surface area (Å²) in [5, 5.41) is 5.71. The maximum atomic E-state index is 12.2. The number of aryl methyl sites for hydroxylation is 1. The monoisotopic (exact) mass is 380 g/mol. The average Bonchev–Trinajstić information content (AvgIpc) is 3.09. The molecule has 27 heavy (non-hydrogen) atoms. The van der Waals surface area contributed by atoms with Crippen LogP contribution >= 0.6 is 11.3 Å². The zero-order chi connectivity index (χ0) is 19.1. The van der Waals surface area contributed by atoms with Crippen LogP contribution in [0.1, 0.15) is 17.6 Å². The summed E-state index contributed by atoms with van der Waals surface area (Å²) < 4.78 is 11.3. The quantitative estimate of drug-likeness (QED) is 0.566. The number of thiazole rings is 1. The SMILES string of the molecule is CCOc1ccc(Oc2ccccc2NC(=O)/C=C/c2csc(C)n2)cc1. The summed E-state index contributed by atoms with van der Waals surface area (Å²) in [5.74, 6) is 1.76. The lowest BCUT2D eigenvalue weighted by Crippen LogP contribution is -2.08. The summed E-state index contributed by atoms with van der Waals surface area (Å²) in [6, 6.07) is 14.6. The van der Waals surface area contributed by atoms with Gasteiger partial charge in [0, 0.05) is 11.5 Å². The third-order valence-electron chi connectivity index (χ3n) is 3.55. The van der Waals surface area contributed by atoms with Gasteiger partial charge in [-0.3, -0.25) is 4.79 Å². The lowest BCUT2D eigenvalue weighted by Gasteiger charge is -2.12. The van der Waals surface area contributed by atoms with Crippen LogP contribution in [0.25, 0.3) is 6.08 Å². The highest BCUT2D eigenvalue weighted by Crippen LogP contribution is 2.30. The van der Waals surface area contributed by atoms with E-state index in [1.165, 1.54) is 6.08 Å². The molecule has 0 aliphatic rings. The summed E-state index contributed by atoms with van der Waals surface area (Å²) in [4.78, 5) is 16.5. The van der Waals surface area contributed by atoms with Gasteiger partial charge in [-0.05, 0) is 56.3 Å².